The molecule has 2 nitrogen and oxygen atoms in total. The van der Waals surface area contributed by atoms with E-state index >= 15 is 0 Å². The van der Waals surface area contributed by atoms with Crippen molar-refractivity contribution in [3.8, 4) is 0 Å². The average molecular weight is 247 g/mol. The van der Waals surface area contributed by atoms with Crippen molar-refractivity contribution in [1.82, 2.24) is 0 Å². The highest BCUT2D eigenvalue weighted by Crippen LogP contribution is 2.39. The first-order valence-electron chi connectivity index (χ1n) is 7.01. The van der Waals surface area contributed by atoms with Gasteiger partial charge >= 0.3 is 0 Å². The van der Waals surface area contributed by atoms with Crippen molar-refractivity contribution >= 4 is 0 Å². The van der Waals surface area contributed by atoms with Gasteiger partial charge in [0, 0.05) is 6.61 Å². The van der Waals surface area contributed by atoms with E-state index in [1.54, 1.807) is 0 Å². The summed E-state index contributed by atoms with van der Waals surface area (Å²) in [5.74, 6) is 1.28. The third-order valence-corrected chi connectivity index (χ3v) is 4.01. The second-order valence-corrected chi connectivity index (χ2v) is 5.96. The zero-order valence-corrected chi connectivity index (χ0v) is 11.6. The maximum atomic E-state index is 5.83. The van der Waals surface area contributed by atoms with Gasteiger partial charge in [-0.1, -0.05) is 30.3 Å². The van der Waals surface area contributed by atoms with Crippen LogP contribution in [0.5, 0.6) is 0 Å². The Morgan fingerprint density at radius 2 is 2.06 bits per heavy atom. The van der Waals surface area contributed by atoms with Gasteiger partial charge in [0.15, 0.2) is 0 Å². The SMILES string of the molecule is CC1(C)C[C@@H]([C@@H](CCN)c2ccccc2)CCO1. The van der Waals surface area contributed by atoms with E-state index in [-0.39, 0.29) is 5.60 Å². The Morgan fingerprint density at radius 1 is 1.33 bits per heavy atom. The zero-order chi connectivity index (χ0) is 13.0. The Labute approximate surface area is 111 Å². The van der Waals surface area contributed by atoms with Gasteiger partial charge in [-0.25, -0.2) is 0 Å². The van der Waals surface area contributed by atoms with Crippen molar-refractivity contribution in [2.24, 2.45) is 11.7 Å². The highest BCUT2D eigenvalue weighted by Gasteiger charge is 2.33. The third kappa shape index (κ3) is 3.33. The second-order valence-electron chi connectivity index (χ2n) is 5.96. The van der Waals surface area contributed by atoms with Crippen LogP contribution in [-0.2, 0) is 4.74 Å². The summed E-state index contributed by atoms with van der Waals surface area (Å²) in [6.45, 7) is 6.04. The molecule has 0 aromatic heterocycles. The largest absolute Gasteiger partial charge is 0.376 e. The normalized spacial score (nSPS) is 24.7. The molecule has 1 fully saturated rings. The Hall–Kier alpha value is -0.860. The van der Waals surface area contributed by atoms with Gasteiger partial charge in [-0.3, -0.25) is 0 Å². The van der Waals surface area contributed by atoms with Crippen LogP contribution in [0.25, 0.3) is 0 Å². The molecule has 2 atom stereocenters. The van der Waals surface area contributed by atoms with Gasteiger partial charge in [0.1, 0.15) is 0 Å². The van der Waals surface area contributed by atoms with Gasteiger partial charge in [0.05, 0.1) is 5.60 Å². The van der Waals surface area contributed by atoms with Crippen LogP contribution in [0.3, 0.4) is 0 Å². The molecule has 1 aromatic carbocycles. The number of nitrogens with two attached hydrogens (primary N) is 1. The van der Waals surface area contributed by atoms with Crippen LogP contribution < -0.4 is 5.73 Å². The van der Waals surface area contributed by atoms with Crippen LogP contribution in [0.1, 0.15) is 44.6 Å². The molecule has 0 amide bonds. The van der Waals surface area contributed by atoms with Gasteiger partial charge < -0.3 is 10.5 Å². The fourth-order valence-electron chi connectivity index (χ4n) is 3.18. The molecule has 1 aliphatic rings. The molecule has 2 heteroatoms. The molecule has 1 heterocycles. The topological polar surface area (TPSA) is 35.2 Å². The van der Waals surface area contributed by atoms with Crippen LogP contribution in [0.2, 0.25) is 0 Å². The summed E-state index contributed by atoms with van der Waals surface area (Å²) in [4.78, 5) is 0. The van der Waals surface area contributed by atoms with Crippen molar-refractivity contribution in [2.75, 3.05) is 13.2 Å². The van der Waals surface area contributed by atoms with E-state index in [1.807, 2.05) is 0 Å². The van der Waals surface area contributed by atoms with E-state index < -0.39 is 0 Å². The fourth-order valence-corrected chi connectivity index (χ4v) is 3.18. The predicted molar refractivity (Wildman–Crippen MR) is 75.6 cm³/mol. The number of benzene rings is 1. The van der Waals surface area contributed by atoms with Crippen molar-refractivity contribution in [3.05, 3.63) is 35.9 Å². The van der Waals surface area contributed by atoms with Gasteiger partial charge in [0.2, 0.25) is 0 Å². The molecule has 1 aliphatic heterocycles. The summed E-state index contributed by atoms with van der Waals surface area (Å²) in [6, 6.07) is 10.8. The van der Waals surface area contributed by atoms with Gasteiger partial charge in [-0.05, 0) is 57.1 Å². The van der Waals surface area contributed by atoms with Gasteiger partial charge in [-0.15, -0.1) is 0 Å². The molecule has 0 unspecified atom stereocenters. The standard InChI is InChI=1S/C16H25NO/c1-16(2)12-14(9-11-18-16)15(8-10-17)13-6-4-3-5-7-13/h3-7,14-15H,8-12,17H2,1-2H3/t14-,15-/m0/s1. The smallest absolute Gasteiger partial charge is 0.0629 e. The quantitative estimate of drug-likeness (QED) is 0.885. The first kappa shape index (κ1) is 13.6. The molecule has 2 N–H and O–H groups in total. The Kier molecular flexibility index (Phi) is 4.41. The summed E-state index contributed by atoms with van der Waals surface area (Å²) in [5.41, 5.74) is 7.26. The number of rotatable bonds is 4. The zero-order valence-electron chi connectivity index (χ0n) is 11.6. The van der Waals surface area contributed by atoms with Crippen LogP contribution >= 0.6 is 0 Å². The molecule has 18 heavy (non-hydrogen) atoms. The van der Waals surface area contributed by atoms with Crippen LogP contribution in [0.4, 0.5) is 0 Å². The van der Waals surface area contributed by atoms with E-state index in [0.29, 0.717) is 11.8 Å². The van der Waals surface area contributed by atoms with Crippen molar-refractivity contribution in [3.63, 3.8) is 0 Å². The molecule has 0 radical (unpaired) electrons. The Balaban J connectivity index is 2.15. The number of hydrogen-bond acceptors (Lipinski definition) is 2. The van der Waals surface area contributed by atoms with E-state index in [1.165, 1.54) is 5.56 Å². The van der Waals surface area contributed by atoms with Gasteiger partial charge in [0.25, 0.3) is 0 Å². The molecule has 0 aliphatic carbocycles. The molecule has 100 valence electrons. The Bertz CT molecular complexity index is 361. The fraction of sp³-hybridized carbons (Fsp3) is 0.625. The minimum Gasteiger partial charge on any atom is -0.376 e. The summed E-state index contributed by atoms with van der Waals surface area (Å²) >= 11 is 0. The molecule has 1 aromatic rings. The summed E-state index contributed by atoms with van der Waals surface area (Å²) in [5, 5.41) is 0. The minimum atomic E-state index is 0.0184. The Morgan fingerprint density at radius 3 is 2.67 bits per heavy atom. The van der Waals surface area contributed by atoms with Crippen molar-refractivity contribution in [1.29, 1.82) is 0 Å². The van der Waals surface area contributed by atoms with E-state index in [9.17, 15) is 0 Å². The first-order chi connectivity index (χ1) is 8.62. The molecule has 0 spiro atoms. The van der Waals surface area contributed by atoms with Crippen molar-refractivity contribution < 1.29 is 4.74 Å². The third-order valence-electron chi connectivity index (χ3n) is 4.01. The average Bonchev–Trinajstić information content (AvgIpc) is 2.36. The lowest BCUT2D eigenvalue weighted by molar-refractivity contribution is -0.0771. The van der Waals surface area contributed by atoms with Crippen LogP contribution in [0, 0.1) is 5.92 Å². The predicted octanol–water partition coefficient (Wildman–Crippen LogP) is 3.32. The van der Waals surface area contributed by atoms with Gasteiger partial charge in [-0.2, -0.15) is 0 Å². The maximum Gasteiger partial charge on any atom is 0.0629 e. The molecular weight excluding hydrogens is 222 g/mol. The molecular formula is C16H25NO. The van der Waals surface area contributed by atoms with Crippen molar-refractivity contribution in [2.45, 2.75) is 44.6 Å². The number of hydrogen-bond donors (Lipinski definition) is 1. The van der Waals surface area contributed by atoms with E-state index in [4.69, 9.17) is 10.5 Å². The summed E-state index contributed by atoms with van der Waals surface area (Å²) in [7, 11) is 0. The monoisotopic (exact) mass is 247 g/mol. The molecule has 1 saturated heterocycles. The summed E-state index contributed by atoms with van der Waals surface area (Å²) < 4.78 is 5.83. The maximum absolute atomic E-state index is 5.83. The number of ether oxygens (including phenoxy) is 1. The second kappa shape index (κ2) is 5.85. The lowest BCUT2D eigenvalue weighted by Gasteiger charge is -2.39. The molecule has 2 rings (SSSR count). The van der Waals surface area contributed by atoms with E-state index in [2.05, 4.69) is 44.2 Å². The van der Waals surface area contributed by atoms with E-state index in [0.717, 1.165) is 32.4 Å². The molecule has 0 bridgehead atoms. The lowest BCUT2D eigenvalue weighted by atomic mass is 9.75. The first-order valence-corrected chi connectivity index (χ1v) is 7.01. The lowest BCUT2D eigenvalue weighted by Crippen LogP contribution is -2.36. The van der Waals surface area contributed by atoms with Crippen LogP contribution in [0.15, 0.2) is 30.3 Å². The minimum absolute atomic E-state index is 0.0184. The highest BCUT2D eigenvalue weighted by atomic mass is 16.5. The van der Waals surface area contributed by atoms with Crippen LogP contribution in [-0.4, -0.2) is 18.8 Å². The summed E-state index contributed by atoms with van der Waals surface area (Å²) in [6.07, 6.45) is 3.36. The molecule has 0 saturated carbocycles. The highest BCUT2D eigenvalue weighted by molar-refractivity contribution is 5.20.